The first-order valence-electron chi connectivity index (χ1n) is 13.5. The van der Waals surface area contributed by atoms with E-state index in [2.05, 4.69) is 15.2 Å². The summed E-state index contributed by atoms with van der Waals surface area (Å²) in [6, 6.07) is 13.5. The molecular weight excluding hydrogens is 466 g/mol. The largest absolute Gasteiger partial charge is 0.504 e. The lowest BCUT2D eigenvalue weighted by Gasteiger charge is -2.65. The van der Waals surface area contributed by atoms with Crippen LogP contribution in [0.15, 0.2) is 48.7 Å². The minimum atomic E-state index is -0.695. The highest BCUT2D eigenvalue weighted by molar-refractivity contribution is 5.98. The van der Waals surface area contributed by atoms with Crippen LogP contribution in [-0.4, -0.2) is 57.5 Å². The maximum Gasteiger partial charge on any atom is 0.270 e. The van der Waals surface area contributed by atoms with E-state index in [1.807, 2.05) is 36.4 Å². The molecule has 2 aromatic carbocycles. The number of fused-ring (bicyclic) bond motifs is 1. The number of nitrogens with zero attached hydrogens (tertiary/aromatic N) is 2. The Morgan fingerprint density at radius 1 is 1.16 bits per heavy atom. The summed E-state index contributed by atoms with van der Waals surface area (Å²) in [4.78, 5) is 34.5. The number of aromatic hydroxyl groups is 1. The summed E-state index contributed by atoms with van der Waals surface area (Å²) in [5.41, 5.74) is 1.07. The second-order valence-electron chi connectivity index (χ2n) is 11.6. The number of piperidine rings is 1. The normalized spacial score (nSPS) is 31.6. The molecule has 1 saturated heterocycles. The van der Waals surface area contributed by atoms with Gasteiger partial charge in [0.15, 0.2) is 23.4 Å². The smallest absolute Gasteiger partial charge is 0.270 e. The first kappa shape index (κ1) is 21.6. The summed E-state index contributed by atoms with van der Waals surface area (Å²) in [6.07, 6.45) is 5.94. The molecule has 3 fully saturated rings. The molecule has 188 valence electrons. The Morgan fingerprint density at radius 2 is 2.00 bits per heavy atom. The number of ketones is 1. The number of benzene rings is 2. The Morgan fingerprint density at radius 3 is 2.84 bits per heavy atom. The van der Waals surface area contributed by atoms with Crippen LogP contribution in [0.1, 0.15) is 53.7 Å². The van der Waals surface area contributed by atoms with Crippen LogP contribution in [0.5, 0.6) is 11.5 Å². The number of ether oxygens (including phenoxy) is 1. The molecule has 1 amide bonds. The van der Waals surface area contributed by atoms with E-state index in [1.165, 1.54) is 12.8 Å². The standard InChI is InChI=1S/C30H29N3O4/c34-22-8-7-19-14-24-30(32-28(36)21-13-18-3-1-2-4-20(18)15-31-21)10-9-23(35)27-29(30,25(19)26(22)37-27)11-12-33(24)16-17-5-6-17/h1-4,7-8,13,15,17,24,27,34H,5-6,9-12,14,16H2,(H,32,36)/t24-,27+,29+,30-/m1/s1. The number of Topliss-reactive ketones (excluding diaryl/α,β-unsaturated/α-hetero) is 1. The van der Waals surface area contributed by atoms with Crippen LogP contribution in [0, 0.1) is 5.92 Å². The fraction of sp³-hybridized carbons (Fsp3) is 0.433. The van der Waals surface area contributed by atoms with Gasteiger partial charge in [-0.05, 0) is 67.6 Å². The molecule has 0 unspecified atom stereocenters. The van der Waals surface area contributed by atoms with Gasteiger partial charge in [-0.2, -0.15) is 0 Å². The number of likely N-dealkylation sites (tertiary alicyclic amines) is 1. The molecule has 2 saturated carbocycles. The SMILES string of the molecule is O=C(N[C@@]12CCC(=O)[C@@H]3Oc4c(O)ccc5c4[C@@]31CCN(CC1CC1)[C@@H]2C5)c1cc2ccccc2cn1. The van der Waals surface area contributed by atoms with E-state index >= 15 is 0 Å². The maximum absolute atomic E-state index is 14.0. The lowest BCUT2D eigenvalue weighted by atomic mass is 9.47. The number of aromatic nitrogens is 1. The number of phenols is 1. The Hall–Kier alpha value is -3.45. The highest BCUT2D eigenvalue weighted by Crippen LogP contribution is 2.65. The lowest BCUT2D eigenvalue weighted by Crippen LogP contribution is -2.82. The van der Waals surface area contributed by atoms with Crippen LogP contribution in [0.4, 0.5) is 0 Å². The van der Waals surface area contributed by atoms with Gasteiger partial charge in [0.1, 0.15) is 5.69 Å². The topological polar surface area (TPSA) is 91.8 Å². The second kappa shape index (κ2) is 7.32. The van der Waals surface area contributed by atoms with E-state index in [4.69, 9.17) is 4.74 Å². The first-order chi connectivity index (χ1) is 18.0. The number of hydrogen-bond acceptors (Lipinski definition) is 6. The molecule has 4 atom stereocenters. The minimum Gasteiger partial charge on any atom is -0.504 e. The predicted molar refractivity (Wildman–Crippen MR) is 137 cm³/mol. The first-order valence-corrected chi connectivity index (χ1v) is 13.5. The van der Waals surface area contributed by atoms with Gasteiger partial charge in [-0.15, -0.1) is 0 Å². The van der Waals surface area contributed by atoms with Gasteiger partial charge < -0.3 is 15.2 Å². The van der Waals surface area contributed by atoms with Gasteiger partial charge in [-0.25, -0.2) is 0 Å². The Kier molecular flexibility index (Phi) is 4.27. The number of amides is 1. The molecule has 7 nitrogen and oxygen atoms in total. The van der Waals surface area contributed by atoms with E-state index < -0.39 is 17.1 Å². The van der Waals surface area contributed by atoms with Crippen molar-refractivity contribution in [3.05, 3.63) is 65.5 Å². The molecule has 2 bridgehead atoms. The molecule has 3 aliphatic carbocycles. The molecule has 3 heterocycles. The predicted octanol–water partition coefficient (Wildman–Crippen LogP) is 3.51. The molecule has 8 rings (SSSR count). The van der Waals surface area contributed by atoms with Gasteiger partial charge in [-0.3, -0.25) is 19.5 Å². The molecule has 1 aromatic heterocycles. The summed E-state index contributed by atoms with van der Waals surface area (Å²) in [7, 11) is 0. The van der Waals surface area contributed by atoms with E-state index in [0.717, 1.165) is 41.4 Å². The summed E-state index contributed by atoms with van der Waals surface area (Å²) in [5, 5.41) is 16.2. The van der Waals surface area contributed by atoms with E-state index in [9.17, 15) is 14.7 Å². The molecule has 7 heteroatoms. The average molecular weight is 496 g/mol. The Bertz CT molecular complexity index is 1500. The zero-order valence-electron chi connectivity index (χ0n) is 20.6. The van der Waals surface area contributed by atoms with Crippen LogP contribution in [0.25, 0.3) is 10.8 Å². The third kappa shape index (κ3) is 2.78. The minimum absolute atomic E-state index is 0.0495. The lowest BCUT2D eigenvalue weighted by molar-refractivity contribution is -0.143. The van der Waals surface area contributed by atoms with Crippen molar-refractivity contribution in [3.8, 4) is 11.5 Å². The van der Waals surface area contributed by atoms with Crippen molar-refractivity contribution in [3.63, 3.8) is 0 Å². The van der Waals surface area contributed by atoms with Gasteiger partial charge in [-0.1, -0.05) is 30.3 Å². The molecule has 1 spiro atoms. The number of rotatable bonds is 4. The molecular formula is C30H29N3O4. The van der Waals surface area contributed by atoms with Crippen LogP contribution >= 0.6 is 0 Å². The third-order valence-electron chi connectivity index (χ3n) is 9.81. The van der Waals surface area contributed by atoms with Gasteiger partial charge in [0, 0.05) is 36.2 Å². The molecule has 37 heavy (non-hydrogen) atoms. The molecule has 2 aliphatic heterocycles. The van der Waals surface area contributed by atoms with E-state index in [-0.39, 0.29) is 23.5 Å². The van der Waals surface area contributed by atoms with Crippen molar-refractivity contribution in [2.75, 3.05) is 13.1 Å². The molecule has 3 aromatic rings. The highest BCUT2D eigenvalue weighted by Gasteiger charge is 2.74. The maximum atomic E-state index is 14.0. The average Bonchev–Trinajstić information content (AvgIpc) is 3.65. The van der Waals surface area contributed by atoms with Gasteiger partial charge in [0.2, 0.25) is 0 Å². The number of phenolic OH excluding ortho intramolecular Hbond substituents is 1. The summed E-state index contributed by atoms with van der Waals surface area (Å²) in [6.45, 7) is 1.88. The Labute approximate surface area is 214 Å². The fourth-order valence-electron chi connectivity index (χ4n) is 8.04. The summed E-state index contributed by atoms with van der Waals surface area (Å²) in [5.74, 6) is 1.07. The molecule has 0 radical (unpaired) electrons. The number of carbonyl (C=O) groups excluding carboxylic acids is 2. The van der Waals surface area contributed by atoms with Crippen molar-refractivity contribution in [2.24, 2.45) is 5.92 Å². The number of pyridine rings is 1. The van der Waals surface area contributed by atoms with Crippen molar-refractivity contribution >= 4 is 22.5 Å². The quantitative estimate of drug-likeness (QED) is 0.576. The fourth-order valence-corrected chi connectivity index (χ4v) is 8.04. The van der Waals surface area contributed by atoms with Crippen LogP contribution in [0.2, 0.25) is 0 Å². The summed E-state index contributed by atoms with van der Waals surface area (Å²) < 4.78 is 6.34. The van der Waals surface area contributed by atoms with Gasteiger partial charge in [0.25, 0.3) is 5.91 Å². The van der Waals surface area contributed by atoms with Crippen LogP contribution in [0.3, 0.4) is 0 Å². The Balaban J connectivity index is 1.29. The summed E-state index contributed by atoms with van der Waals surface area (Å²) >= 11 is 0. The number of hydrogen-bond donors (Lipinski definition) is 2. The van der Waals surface area contributed by atoms with E-state index in [1.54, 1.807) is 12.3 Å². The monoisotopic (exact) mass is 495 g/mol. The zero-order chi connectivity index (χ0) is 24.9. The van der Waals surface area contributed by atoms with Gasteiger partial charge in [0.05, 0.1) is 11.0 Å². The van der Waals surface area contributed by atoms with Crippen molar-refractivity contribution < 1.29 is 19.4 Å². The number of nitrogens with one attached hydrogen (secondary N) is 1. The van der Waals surface area contributed by atoms with Crippen LogP contribution < -0.4 is 10.1 Å². The third-order valence-corrected chi connectivity index (χ3v) is 9.81. The van der Waals surface area contributed by atoms with Crippen molar-refractivity contribution in [1.82, 2.24) is 15.2 Å². The van der Waals surface area contributed by atoms with Gasteiger partial charge >= 0.3 is 0 Å². The van der Waals surface area contributed by atoms with Crippen molar-refractivity contribution in [1.29, 1.82) is 0 Å². The zero-order valence-corrected chi connectivity index (χ0v) is 20.6. The molecule has 2 N–H and O–H groups in total. The van der Waals surface area contributed by atoms with Crippen LogP contribution in [-0.2, 0) is 16.6 Å². The second-order valence-corrected chi connectivity index (χ2v) is 11.6. The van der Waals surface area contributed by atoms with Crippen molar-refractivity contribution in [2.45, 2.75) is 61.6 Å². The highest BCUT2D eigenvalue weighted by atomic mass is 16.5. The van der Waals surface area contributed by atoms with E-state index in [0.29, 0.717) is 36.6 Å². The molecule has 5 aliphatic rings. The number of carbonyl (C=O) groups is 2.